The zero-order valence-electron chi connectivity index (χ0n) is 10.4. The number of hydrogen-bond acceptors (Lipinski definition) is 2. The van der Waals surface area contributed by atoms with Gasteiger partial charge in [-0.05, 0) is 24.1 Å². The molecule has 100 valence electrons. The molecule has 0 saturated heterocycles. The highest BCUT2D eigenvalue weighted by Crippen LogP contribution is 2.17. The lowest BCUT2D eigenvalue weighted by Gasteiger charge is -2.17. The van der Waals surface area contributed by atoms with Crippen LogP contribution in [-0.2, 0) is 0 Å². The summed E-state index contributed by atoms with van der Waals surface area (Å²) >= 11 is 5.77. The molecule has 0 spiro atoms. The number of hydrogen-bond donors (Lipinski definition) is 2. The Labute approximate surface area is 111 Å². The van der Waals surface area contributed by atoms with Crippen LogP contribution < -0.4 is 5.32 Å². The van der Waals surface area contributed by atoms with Crippen molar-refractivity contribution in [2.75, 3.05) is 6.54 Å². The fourth-order valence-electron chi connectivity index (χ4n) is 1.44. The minimum Gasteiger partial charge on any atom is -0.391 e. The Morgan fingerprint density at radius 3 is 2.78 bits per heavy atom. The van der Waals surface area contributed by atoms with E-state index in [0.717, 1.165) is 12.5 Å². The summed E-state index contributed by atoms with van der Waals surface area (Å²) in [6.45, 7) is 4.02. The third kappa shape index (κ3) is 3.96. The van der Waals surface area contributed by atoms with Gasteiger partial charge in [0.15, 0.2) is 0 Å². The normalized spacial score (nSPS) is 14.1. The molecule has 0 heterocycles. The zero-order chi connectivity index (χ0) is 13.7. The van der Waals surface area contributed by atoms with Crippen LogP contribution in [0.15, 0.2) is 18.2 Å². The third-order valence-corrected chi connectivity index (χ3v) is 3.26. The molecular weight excluding hydrogens is 257 g/mol. The van der Waals surface area contributed by atoms with Gasteiger partial charge in [-0.15, -0.1) is 0 Å². The maximum Gasteiger partial charge on any atom is 0.252 e. The van der Waals surface area contributed by atoms with Gasteiger partial charge in [-0.25, -0.2) is 4.39 Å². The number of halogens is 2. The van der Waals surface area contributed by atoms with Gasteiger partial charge in [0, 0.05) is 6.54 Å². The lowest BCUT2D eigenvalue weighted by atomic mass is 10.0. The van der Waals surface area contributed by atoms with Crippen molar-refractivity contribution in [3.05, 3.63) is 34.6 Å². The van der Waals surface area contributed by atoms with E-state index < -0.39 is 17.8 Å². The average Bonchev–Trinajstić information content (AvgIpc) is 2.34. The van der Waals surface area contributed by atoms with E-state index in [9.17, 15) is 14.3 Å². The van der Waals surface area contributed by atoms with Gasteiger partial charge < -0.3 is 10.4 Å². The van der Waals surface area contributed by atoms with E-state index in [1.54, 1.807) is 0 Å². The minimum atomic E-state index is -0.599. The predicted octanol–water partition coefficient (Wildman–Crippen LogP) is 2.62. The van der Waals surface area contributed by atoms with E-state index in [0.29, 0.717) is 0 Å². The first-order valence-electron chi connectivity index (χ1n) is 5.87. The largest absolute Gasteiger partial charge is 0.391 e. The lowest BCUT2D eigenvalue weighted by Crippen LogP contribution is -2.35. The molecule has 0 aliphatic heterocycles. The van der Waals surface area contributed by atoms with E-state index in [1.165, 1.54) is 12.1 Å². The molecule has 1 rings (SSSR count). The molecule has 0 bridgehead atoms. The second kappa shape index (κ2) is 6.71. The van der Waals surface area contributed by atoms with Gasteiger partial charge in [0.2, 0.25) is 0 Å². The van der Waals surface area contributed by atoms with E-state index >= 15 is 0 Å². The van der Waals surface area contributed by atoms with Crippen LogP contribution in [0.25, 0.3) is 0 Å². The summed E-state index contributed by atoms with van der Waals surface area (Å²) in [4.78, 5) is 11.8. The van der Waals surface area contributed by atoms with E-state index in [-0.39, 0.29) is 23.0 Å². The number of aliphatic hydroxyl groups is 1. The summed E-state index contributed by atoms with van der Waals surface area (Å²) in [6, 6.07) is 3.58. The van der Waals surface area contributed by atoms with Crippen molar-refractivity contribution in [3.63, 3.8) is 0 Å². The Hall–Kier alpha value is -1.13. The second-order valence-electron chi connectivity index (χ2n) is 4.29. The quantitative estimate of drug-likeness (QED) is 0.866. The maximum atomic E-state index is 12.8. The molecule has 18 heavy (non-hydrogen) atoms. The lowest BCUT2D eigenvalue weighted by molar-refractivity contribution is 0.0850. The molecule has 5 heteroatoms. The number of carbonyl (C=O) groups excluding carboxylic acids is 1. The van der Waals surface area contributed by atoms with E-state index in [2.05, 4.69) is 5.32 Å². The molecule has 3 nitrogen and oxygen atoms in total. The standard InChI is InChI=1S/C13H17ClFNO2/c1-3-8(2)12(17)7-16-13(18)10-5-4-9(15)6-11(10)14/h4-6,8,12,17H,3,7H2,1-2H3,(H,16,18). The summed E-state index contributed by atoms with van der Waals surface area (Å²) in [7, 11) is 0. The molecule has 0 aromatic heterocycles. The monoisotopic (exact) mass is 273 g/mol. The Balaban J connectivity index is 2.60. The molecule has 1 aromatic carbocycles. The first-order valence-corrected chi connectivity index (χ1v) is 6.24. The molecular formula is C13H17ClFNO2. The first-order chi connectivity index (χ1) is 8.45. The zero-order valence-corrected chi connectivity index (χ0v) is 11.2. The van der Waals surface area contributed by atoms with Crippen molar-refractivity contribution >= 4 is 17.5 Å². The summed E-state index contributed by atoms with van der Waals surface area (Å²) in [5.41, 5.74) is 0.203. The number of rotatable bonds is 5. The molecule has 0 saturated carbocycles. The second-order valence-corrected chi connectivity index (χ2v) is 4.69. The fourth-order valence-corrected chi connectivity index (χ4v) is 1.69. The van der Waals surface area contributed by atoms with Gasteiger partial charge in [-0.3, -0.25) is 4.79 Å². The van der Waals surface area contributed by atoms with Crippen molar-refractivity contribution in [2.24, 2.45) is 5.92 Å². The third-order valence-electron chi connectivity index (χ3n) is 2.95. The van der Waals surface area contributed by atoms with Gasteiger partial charge in [0.25, 0.3) is 5.91 Å². The molecule has 2 atom stereocenters. The fraction of sp³-hybridized carbons (Fsp3) is 0.462. The summed E-state index contributed by atoms with van der Waals surface area (Å²) in [5, 5.41) is 12.4. The van der Waals surface area contributed by atoms with Crippen molar-refractivity contribution in [2.45, 2.75) is 26.4 Å². The Bertz CT molecular complexity index is 425. The molecule has 0 radical (unpaired) electrons. The first kappa shape index (κ1) is 14.9. The van der Waals surface area contributed by atoms with E-state index in [1.807, 2.05) is 13.8 Å². The van der Waals surface area contributed by atoms with Gasteiger partial charge >= 0.3 is 0 Å². The maximum absolute atomic E-state index is 12.8. The van der Waals surface area contributed by atoms with Crippen molar-refractivity contribution in [3.8, 4) is 0 Å². The van der Waals surface area contributed by atoms with Crippen LogP contribution >= 0.6 is 11.6 Å². The molecule has 1 amide bonds. The highest BCUT2D eigenvalue weighted by Gasteiger charge is 2.15. The smallest absolute Gasteiger partial charge is 0.252 e. The highest BCUT2D eigenvalue weighted by atomic mass is 35.5. The van der Waals surface area contributed by atoms with Crippen LogP contribution in [0.4, 0.5) is 4.39 Å². The summed E-state index contributed by atoms with van der Waals surface area (Å²) in [6.07, 6.45) is 0.229. The number of carbonyl (C=O) groups is 1. The van der Waals surface area contributed by atoms with Crippen LogP contribution in [0, 0.1) is 11.7 Å². The van der Waals surface area contributed by atoms with E-state index in [4.69, 9.17) is 11.6 Å². The van der Waals surface area contributed by atoms with Crippen molar-refractivity contribution in [1.29, 1.82) is 0 Å². The molecule has 0 aliphatic rings. The molecule has 1 aromatic rings. The van der Waals surface area contributed by atoms with Crippen LogP contribution in [0.5, 0.6) is 0 Å². The summed E-state index contributed by atoms with van der Waals surface area (Å²) in [5.74, 6) is -0.799. The van der Waals surface area contributed by atoms with Crippen molar-refractivity contribution in [1.82, 2.24) is 5.32 Å². The van der Waals surface area contributed by atoms with Crippen LogP contribution in [0.3, 0.4) is 0 Å². The Kier molecular flexibility index (Phi) is 5.56. The van der Waals surface area contributed by atoms with Crippen LogP contribution in [0.2, 0.25) is 5.02 Å². The Morgan fingerprint density at radius 1 is 1.56 bits per heavy atom. The molecule has 2 N–H and O–H groups in total. The summed E-state index contributed by atoms with van der Waals surface area (Å²) < 4.78 is 12.8. The minimum absolute atomic E-state index is 0.0607. The average molecular weight is 274 g/mol. The van der Waals surface area contributed by atoms with Gasteiger partial charge in [-0.1, -0.05) is 31.9 Å². The van der Waals surface area contributed by atoms with Gasteiger partial charge in [0.05, 0.1) is 16.7 Å². The molecule has 0 fully saturated rings. The molecule has 2 unspecified atom stereocenters. The number of benzene rings is 1. The number of aliphatic hydroxyl groups excluding tert-OH is 1. The van der Waals surface area contributed by atoms with Crippen LogP contribution in [0.1, 0.15) is 30.6 Å². The SMILES string of the molecule is CCC(C)C(O)CNC(=O)c1ccc(F)cc1Cl. The highest BCUT2D eigenvalue weighted by molar-refractivity contribution is 6.33. The number of amides is 1. The van der Waals surface area contributed by atoms with Gasteiger partial charge in [0.1, 0.15) is 5.82 Å². The Morgan fingerprint density at radius 2 is 2.22 bits per heavy atom. The van der Waals surface area contributed by atoms with Crippen LogP contribution in [-0.4, -0.2) is 23.7 Å². The predicted molar refractivity (Wildman–Crippen MR) is 69.2 cm³/mol. The molecule has 0 aliphatic carbocycles. The van der Waals surface area contributed by atoms with Gasteiger partial charge in [-0.2, -0.15) is 0 Å². The van der Waals surface area contributed by atoms with Crippen molar-refractivity contribution < 1.29 is 14.3 Å². The number of nitrogens with one attached hydrogen (secondary N) is 1. The topological polar surface area (TPSA) is 49.3 Å².